The molecule has 0 radical (unpaired) electrons. The molecule has 1 aromatic rings. The first-order chi connectivity index (χ1) is 8.27. The standard InChI is InChI=1S/C13H17ClN2O/c14-12-6-2-1-4-10(12)9-16-13(17)11-5-3-7-15-8-11/h1-2,4,6,11,15H,3,5,7-9H2,(H,16,17). The summed E-state index contributed by atoms with van der Waals surface area (Å²) in [6.45, 7) is 2.32. The molecule has 0 aliphatic carbocycles. The van der Waals surface area contributed by atoms with Crippen molar-refractivity contribution < 1.29 is 4.79 Å². The summed E-state index contributed by atoms with van der Waals surface area (Å²) in [4.78, 5) is 11.9. The van der Waals surface area contributed by atoms with E-state index < -0.39 is 0 Å². The topological polar surface area (TPSA) is 41.1 Å². The van der Waals surface area contributed by atoms with Crippen LogP contribution in [-0.4, -0.2) is 19.0 Å². The fraction of sp³-hybridized carbons (Fsp3) is 0.462. The van der Waals surface area contributed by atoms with Crippen LogP contribution in [0.4, 0.5) is 0 Å². The van der Waals surface area contributed by atoms with Gasteiger partial charge in [-0.3, -0.25) is 4.79 Å². The zero-order chi connectivity index (χ0) is 12.1. The molecule has 1 aromatic carbocycles. The smallest absolute Gasteiger partial charge is 0.224 e. The number of amides is 1. The Hall–Kier alpha value is -1.06. The van der Waals surface area contributed by atoms with Gasteiger partial charge in [0, 0.05) is 18.1 Å². The molecule has 4 heteroatoms. The molecular formula is C13H17ClN2O. The number of halogens is 1. The van der Waals surface area contributed by atoms with Crippen LogP contribution in [0, 0.1) is 5.92 Å². The molecule has 3 nitrogen and oxygen atoms in total. The fourth-order valence-corrected chi connectivity index (χ4v) is 2.25. The molecule has 1 saturated heterocycles. The predicted octanol–water partition coefficient (Wildman–Crippen LogP) is 1.96. The molecule has 2 N–H and O–H groups in total. The van der Waals surface area contributed by atoms with Gasteiger partial charge in [0.25, 0.3) is 0 Å². The fourth-order valence-electron chi connectivity index (χ4n) is 2.04. The average molecular weight is 253 g/mol. The largest absolute Gasteiger partial charge is 0.352 e. The van der Waals surface area contributed by atoms with Crippen LogP contribution < -0.4 is 10.6 Å². The third-order valence-electron chi connectivity index (χ3n) is 3.08. The van der Waals surface area contributed by atoms with E-state index in [0.717, 1.165) is 31.5 Å². The Morgan fingerprint density at radius 2 is 2.29 bits per heavy atom. The van der Waals surface area contributed by atoms with Crippen LogP contribution in [0.3, 0.4) is 0 Å². The van der Waals surface area contributed by atoms with Gasteiger partial charge in [0.1, 0.15) is 0 Å². The lowest BCUT2D eigenvalue weighted by molar-refractivity contribution is -0.125. The maximum Gasteiger partial charge on any atom is 0.224 e. The first-order valence-corrected chi connectivity index (χ1v) is 6.37. The van der Waals surface area contributed by atoms with E-state index in [9.17, 15) is 4.79 Å². The molecule has 0 bridgehead atoms. The predicted molar refractivity (Wildman–Crippen MR) is 68.9 cm³/mol. The van der Waals surface area contributed by atoms with E-state index >= 15 is 0 Å². The number of hydrogen-bond acceptors (Lipinski definition) is 2. The summed E-state index contributed by atoms with van der Waals surface area (Å²) in [5, 5.41) is 6.89. The van der Waals surface area contributed by atoms with Crippen molar-refractivity contribution in [2.75, 3.05) is 13.1 Å². The van der Waals surface area contributed by atoms with Gasteiger partial charge in [-0.25, -0.2) is 0 Å². The highest BCUT2D eigenvalue weighted by Gasteiger charge is 2.20. The summed E-state index contributed by atoms with van der Waals surface area (Å²) >= 11 is 6.03. The van der Waals surface area contributed by atoms with Crippen molar-refractivity contribution in [2.24, 2.45) is 5.92 Å². The molecule has 0 saturated carbocycles. The molecule has 2 rings (SSSR count). The van der Waals surface area contributed by atoms with Crippen LogP contribution in [0.2, 0.25) is 5.02 Å². The second kappa shape index (κ2) is 6.03. The maximum absolute atomic E-state index is 11.9. The maximum atomic E-state index is 11.9. The molecule has 1 fully saturated rings. The van der Waals surface area contributed by atoms with E-state index in [1.54, 1.807) is 0 Å². The Bertz CT molecular complexity index is 389. The van der Waals surface area contributed by atoms with E-state index in [1.807, 2.05) is 24.3 Å². The van der Waals surface area contributed by atoms with Gasteiger partial charge in [-0.15, -0.1) is 0 Å². The normalized spacial score (nSPS) is 19.9. The van der Waals surface area contributed by atoms with Gasteiger partial charge < -0.3 is 10.6 Å². The van der Waals surface area contributed by atoms with Gasteiger partial charge in [-0.1, -0.05) is 29.8 Å². The molecule has 92 valence electrons. The van der Waals surface area contributed by atoms with Crippen LogP contribution in [0.15, 0.2) is 24.3 Å². The van der Waals surface area contributed by atoms with Crippen molar-refractivity contribution in [3.63, 3.8) is 0 Å². The van der Waals surface area contributed by atoms with Crippen molar-refractivity contribution in [1.82, 2.24) is 10.6 Å². The van der Waals surface area contributed by atoms with Crippen molar-refractivity contribution in [2.45, 2.75) is 19.4 Å². The van der Waals surface area contributed by atoms with Crippen molar-refractivity contribution in [1.29, 1.82) is 0 Å². The molecule has 1 unspecified atom stereocenters. The van der Waals surface area contributed by atoms with Crippen molar-refractivity contribution >= 4 is 17.5 Å². The van der Waals surface area contributed by atoms with Gasteiger partial charge in [-0.2, -0.15) is 0 Å². The Balaban J connectivity index is 1.85. The monoisotopic (exact) mass is 252 g/mol. The number of rotatable bonds is 3. The van der Waals surface area contributed by atoms with Crippen molar-refractivity contribution in [3.05, 3.63) is 34.9 Å². The minimum atomic E-state index is 0.103. The van der Waals surface area contributed by atoms with E-state index in [1.165, 1.54) is 0 Å². The zero-order valence-corrected chi connectivity index (χ0v) is 10.5. The summed E-state index contributed by atoms with van der Waals surface area (Å²) in [5.74, 6) is 0.225. The van der Waals surface area contributed by atoms with Gasteiger partial charge in [0.05, 0.1) is 5.92 Å². The van der Waals surface area contributed by atoms with Crippen LogP contribution in [0.25, 0.3) is 0 Å². The Morgan fingerprint density at radius 1 is 1.47 bits per heavy atom. The van der Waals surface area contributed by atoms with Gasteiger partial charge in [-0.05, 0) is 31.0 Å². The SMILES string of the molecule is O=C(NCc1ccccc1Cl)C1CCCNC1. The summed E-state index contributed by atoms with van der Waals surface area (Å²) in [6, 6.07) is 7.58. The molecule has 1 atom stereocenters. The zero-order valence-electron chi connectivity index (χ0n) is 9.71. The van der Waals surface area contributed by atoms with E-state index in [2.05, 4.69) is 10.6 Å². The van der Waals surface area contributed by atoms with Gasteiger partial charge in [0.2, 0.25) is 5.91 Å². The Morgan fingerprint density at radius 3 is 3.00 bits per heavy atom. The van der Waals surface area contributed by atoms with Crippen molar-refractivity contribution in [3.8, 4) is 0 Å². The number of hydrogen-bond donors (Lipinski definition) is 2. The second-order valence-corrected chi connectivity index (χ2v) is 4.76. The lowest BCUT2D eigenvalue weighted by Crippen LogP contribution is -2.40. The van der Waals surface area contributed by atoms with Crippen LogP contribution >= 0.6 is 11.6 Å². The van der Waals surface area contributed by atoms with E-state index in [0.29, 0.717) is 11.6 Å². The lowest BCUT2D eigenvalue weighted by Gasteiger charge is -2.22. The van der Waals surface area contributed by atoms with Gasteiger partial charge >= 0.3 is 0 Å². The number of carbonyl (C=O) groups is 1. The molecule has 1 heterocycles. The number of piperidine rings is 1. The third-order valence-corrected chi connectivity index (χ3v) is 3.45. The molecule has 1 aliphatic heterocycles. The van der Waals surface area contributed by atoms with Crippen LogP contribution in [-0.2, 0) is 11.3 Å². The highest BCUT2D eigenvalue weighted by Crippen LogP contribution is 2.15. The summed E-state index contributed by atoms with van der Waals surface area (Å²) in [5.41, 5.74) is 0.964. The molecule has 1 amide bonds. The van der Waals surface area contributed by atoms with Crippen LogP contribution in [0.1, 0.15) is 18.4 Å². The molecule has 17 heavy (non-hydrogen) atoms. The lowest BCUT2D eigenvalue weighted by atomic mass is 9.99. The number of benzene rings is 1. The molecule has 0 aromatic heterocycles. The third kappa shape index (κ3) is 3.45. The quantitative estimate of drug-likeness (QED) is 0.864. The number of carbonyl (C=O) groups excluding carboxylic acids is 1. The minimum absolute atomic E-state index is 0.103. The van der Waals surface area contributed by atoms with E-state index in [-0.39, 0.29) is 11.8 Å². The molecule has 0 spiro atoms. The average Bonchev–Trinajstić information content (AvgIpc) is 2.38. The molecular weight excluding hydrogens is 236 g/mol. The minimum Gasteiger partial charge on any atom is -0.352 e. The first kappa shape index (κ1) is 12.4. The highest BCUT2D eigenvalue weighted by molar-refractivity contribution is 6.31. The second-order valence-electron chi connectivity index (χ2n) is 4.35. The van der Waals surface area contributed by atoms with Crippen LogP contribution in [0.5, 0.6) is 0 Å². The van der Waals surface area contributed by atoms with Gasteiger partial charge in [0.15, 0.2) is 0 Å². The summed E-state index contributed by atoms with van der Waals surface area (Å²) < 4.78 is 0. The molecule has 1 aliphatic rings. The van der Waals surface area contributed by atoms with E-state index in [4.69, 9.17) is 11.6 Å². The summed E-state index contributed by atoms with van der Waals surface area (Å²) in [7, 11) is 0. The summed E-state index contributed by atoms with van der Waals surface area (Å²) in [6.07, 6.45) is 2.05. The number of nitrogens with one attached hydrogen (secondary N) is 2. The Kier molecular flexibility index (Phi) is 4.40. The first-order valence-electron chi connectivity index (χ1n) is 5.99. The highest BCUT2D eigenvalue weighted by atomic mass is 35.5. The Labute approximate surface area is 107 Å².